The Morgan fingerprint density at radius 1 is 1.52 bits per heavy atom. The molecular weight excluding hydrogens is 371 g/mol. The average molecular weight is 390 g/mol. The minimum atomic E-state index is -0.540. The van der Waals surface area contributed by atoms with Gasteiger partial charge in [-0.05, 0) is 19.8 Å². The fourth-order valence-corrected chi connectivity index (χ4v) is 3.86. The number of hydrogen-bond acceptors (Lipinski definition) is 8. The van der Waals surface area contributed by atoms with E-state index in [2.05, 4.69) is 32.1 Å². The van der Waals surface area contributed by atoms with Crippen LogP contribution in [-0.4, -0.2) is 44.4 Å². The topological polar surface area (TPSA) is 104 Å². The van der Waals surface area contributed by atoms with Crippen LogP contribution in [0.15, 0.2) is 12.4 Å². The molecule has 1 aliphatic heterocycles. The summed E-state index contributed by atoms with van der Waals surface area (Å²) in [5.41, 5.74) is 0.246. The van der Waals surface area contributed by atoms with Crippen LogP contribution in [0.5, 0.6) is 5.88 Å². The first-order valence-electron chi connectivity index (χ1n) is 8.50. The van der Waals surface area contributed by atoms with Gasteiger partial charge < -0.3 is 10.1 Å². The van der Waals surface area contributed by atoms with Gasteiger partial charge in [-0.2, -0.15) is 14.6 Å². The molecule has 3 heterocycles. The van der Waals surface area contributed by atoms with Crippen LogP contribution >= 0.6 is 11.3 Å². The molecule has 0 bridgehead atoms. The lowest BCUT2D eigenvalue weighted by molar-refractivity contribution is -0.114. The number of hydrogen-bond donors (Lipinski definition) is 1. The van der Waals surface area contributed by atoms with Crippen LogP contribution in [0.25, 0.3) is 0 Å². The smallest absolute Gasteiger partial charge is 0.232 e. The molecule has 142 valence electrons. The summed E-state index contributed by atoms with van der Waals surface area (Å²) in [5.74, 6) is -0.414. The number of nitrogens with one attached hydrogen (secondary N) is 1. The number of thiazole rings is 1. The molecule has 1 fully saturated rings. The summed E-state index contributed by atoms with van der Waals surface area (Å²) in [6.07, 6.45) is 4.35. The number of piperidine rings is 1. The number of halogens is 1. The van der Waals surface area contributed by atoms with E-state index in [0.717, 1.165) is 30.7 Å². The van der Waals surface area contributed by atoms with Crippen LogP contribution < -0.4 is 10.1 Å². The molecule has 3 rings (SSSR count). The van der Waals surface area contributed by atoms with Crippen LogP contribution in [0.3, 0.4) is 0 Å². The van der Waals surface area contributed by atoms with E-state index in [4.69, 9.17) is 10.00 Å². The van der Waals surface area contributed by atoms with Crippen molar-refractivity contribution >= 4 is 22.4 Å². The van der Waals surface area contributed by atoms with Crippen LogP contribution in [0.4, 0.5) is 9.52 Å². The van der Waals surface area contributed by atoms with Gasteiger partial charge in [0.15, 0.2) is 10.8 Å². The van der Waals surface area contributed by atoms with Crippen molar-refractivity contribution in [3.05, 3.63) is 28.9 Å². The van der Waals surface area contributed by atoms with E-state index in [0.29, 0.717) is 17.3 Å². The van der Waals surface area contributed by atoms with Gasteiger partial charge in [0.1, 0.15) is 12.2 Å². The molecule has 0 radical (unpaired) electrons. The van der Waals surface area contributed by atoms with Crippen molar-refractivity contribution in [2.24, 2.45) is 0 Å². The predicted octanol–water partition coefficient (Wildman–Crippen LogP) is 2.33. The molecule has 8 nitrogen and oxygen atoms in total. The van der Waals surface area contributed by atoms with Crippen LogP contribution in [0.1, 0.15) is 37.3 Å². The van der Waals surface area contributed by atoms with E-state index in [1.807, 2.05) is 6.07 Å². The van der Waals surface area contributed by atoms with Crippen LogP contribution in [-0.2, 0) is 11.3 Å². The van der Waals surface area contributed by atoms with Crippen LogP contribution in [0, 0.1) is 17.3 Å². The first-order valence-corrected chi connectivity index (χ1v) is 9.32. The summed E-state index contributed by atoms with van der Waals surface area (Å²) < 4.78 is 19.9. The highest BCUT2D eigenvalue weighted by molar-refractivity contribution is 7.15. The van der Waals surface area contributed by atoms with Crippen molar-refractivity contribution in [2.45, 2.75) is 45.4 Å². The Kier molecular flexibility index (Phi) is 5.93. The van der Waals surface area contributed by atoms with E-state index < -0.39 is 5.95 Å². The summed E-state index contributed by atoms with van der Waals surface area (Å²) in [4.78, 5) is 25.5. The Balaban J connectivity index is 1.56. The number of amides is 1. The number of carbonyl (C=O) groups excluding carboxylic acids is 1. The molecule has 2 atom stereocenters. The Hall–Kier alpha value is -2.64. The molecular formula is C17H19FN6O2S. The molecule has 10 heteroatoms. The van der Waals surface area contributed by atoms with Gasteiger partial charge in [0.05, 0.1) is 17.3 Å². The highest BCUT2D eigenvalue weighted by Crippen LogP contribution is 2.27. The van der Waals surface area contributed by atoms with Crippen molar-refractivity contribution in [1.82, 2.24) is 19.9 Å². The lowest BCUT2D eigenvalue weighted by atomic mass is 10.0. The molecule has 0 aromatic carbocycles. The lowest BCUT2D eigenvalue weighted by Gasteiger charge is -2.37. The quantitative estimate of drug-likeness (QED) is 0.835. The SMILES string of the molecule is CC(=O)Nc1nc(F)c(CN2CC[C@@H](Oc3cnc(C#N)cn3)C[C@@H]2C)s1. The molecule has 1 aliphatic rings. The first-order chi connectivity index (χ1) is 12.9. The third kappa shape index (κ3) is 4.96. The van der Waals surface area contributed by atoms with Gasteiger partial charge in [0, 0.05) is 26.1 Å². The van der Waals surface area contributed by atoms with Crippen molar-refractivity contribution < 1.29 is 13.9 Å². The van der Waals surface area contributed by atoms with E-state index in [1.54, 1.807) is 0 Å². The van der Waals surface area contributed by atoms with E-state index in [-0.39, 0.29) is 28.9 Å². The number of ether oxygens (including phenoxy) is 1. The van der Waals surface area contributed by atoms with Crippen molar-refractivity contribution in [1.29, 1.82) is 5.26 Å². The average Bonchev–Trinajstić information content (AvgIpc) is 2.96. The second-order valence-electron chi connectivity index (χ2n) is 6.35. The van der Waals surface area contributed by atoms with Crippen molar-refractivity contribution in [3.63, 3.8) is 0 Å². The van der Waals surface area contributed by atoms with Crippen molar-refractivity contribution in [3.8, 4) is 11.9 Å². The maximum atomic E-state index is 14.0. The number of nitriles is 1. The number of nitrogens with zero attached hydrogens (tertiary/aromatic N) is 5. The highest BCUT2D eigenvalue weighted by atomic mass is 32.1. The lowest BCUT2D eigenvalue weighted by Crippen LogP contribution is -2.43. The molecule has 0 unspecified atom stereocenters. The summed E-state index contributed by atoms with van der Waals surface area (Å²) >= 11 is 1.15. The van der Waals surface area contributed by atoms with Crippen molar-refractivity contribution in [2.75, 3.05) is 11.9 Å². The largest absolute Gasteiger partial charge is 0.473 e. The molecule has 1 amide bonds. The normalized spacial score (nSPS) is 20.1. The molecule has 0 aliphatic carbocycles. The Labute approximate surface area is 160 Å². The zero-order valence-corrected chi connectivity index (χ0v) is 15.8. The number of aromatic nitrogens is 3. The highest BCUT2D eigenvalue weighted by Gasteiger charge is 2.28. The van der Waals surface area contributed by atoms with Gasteiger partial charge >= 0.3 is 0 Å². The maximum Gasteiger partial charge on any atom is 0.232 e. The Morgan fingerprint density at radius 2 is 2.33 bits per heavy atom. The maximum absolute atomic E-state index is 14.0. The standard InChI is InChI=1S/C17H19FN6O2S/c1-10-5-13(26-15-8-20-12(6-19)7-21-15)3-4-24(10)9-14-16(18)23-17(27-14)22-11(2)25/h7-8,10,13H,3-5,9H2,1-2H3,(H,22,23,25)/t10-,13+/m0/s1. The first kappa shape index (κ1) is 19.1. The molecule has 2 aromatic rings. The van der Waals surface area contributed by atoms with Gasteiger partial charge in [-0.25, -0.2) is 9.97 Å². The number of likely N-dealkylation sites (tertiary alicyclic amines) is 1. The van der Waals surface area contributed by atoms with Gasteiger partial charge in [-0.15, -0.1) is 0 Å². The minimum Gasteiger partial charge on any atom is -0.473 e. The molecule has 1 saturated heterocycles. The zero-order chi connectivity index (χ0) is 19.4. The van der Waals surface area contributed by atoms with Gasteiger partial charge in [-0.3, -0.25) is 9.69 Å². The third-order valence-electron chi connectivity index (χ3n) is 4.28. The number of anilines is 1. The fraction of sp³-hybridized carbons (Fsp3) is 0.471. The van der Waals surface area contributed by atoms with Gasteiger partial charge in [0.2, 0.25) is 17.7 Å². The second-order valence-corrected chi connectivity index (χ2v) is 7.43. The monoisotopic (exact) mass is 390 g/mol. The van der Waals surface area contributed by atoms with E-state index in [9.17, 15) is 9.18 Å². The van der Waals surface area contributed by atoms with Crippen LogP contribution in [0.2, 0.25) is 0 Å². The molecule has 0 spiro atoms. The summed E-state index contributed by atoms with van der Waals surface area (Å²) in [6.45, 7) is 4.60. The van der Waals surface area contributed by atoms with Gasteiger partial charge in [-0.1, -0.05) is 11.3 Å². The summed E-state index contributed by atoms with van der Waals surface area (Å²) in [7, 11) is 0. The Bertz CT molecular complexity index is 850. The number of rotatable bonds is 5. The molecule has 27 heavy (non-hydrogen) atoms. The molecule has 0 saturated carbocycles. The Morgan fingerprint density at radius 3 is 2.96 bits per heavy atom. The zero-order valence-electron chi connectivity index (χ0n) is 15.0. The predicted molar refractivity (Wildman–Crippen MR) is 96.6 cm³/mol. The fourth-order valence-electron chi connectivity index (χ4n) is 2.94. The summed E-state index contributed by atoms with van der Waals surface area (Å²) in [6, 6.07) is 2.10. The van der Waals surface area contributed by atoms with E-state index in [1.165, 1.54) is 19.3 Å². The van der Waals surface area contributed by atoms with E-state index >= 15 is 0 Å². The minimum absolute atomic E-state index is 0.0141. The van der Waals surface area contributed by atoms with Gasteiger partial charge in [0.25, 0.3) is 0 Å². The number of carbonyl (C=O) groups is 1. The molecule has 1 N–H and O–H groups in total. The second kappa shape index (κ2) is 8.37. The summed E-state index contributed by atoms with van der Waals surface area (Å²) in [5, 5.41) is 11.5. The third-order valence-corrected chi connectivity index (χ3v) is 5.21. The molecule has 2 aromatic heterocycles.